The van der Waals surface area contributed by atoms with Crippen LogP contribution >= 0.6 is 0 Å². The summed E-state index contributed by atoms with van der Waals surface area (Å²) in [7, 11) is 0. The zero-order valence-corrected chi connectivity index (χ0v) is 10.9. The van der Waals surface area contributed by atoms with Gasteiger partial charge in [0.1, 0.15) is 5.84 Å². The fourth-order valence-corrected chi connectivity index (χ4v) is 1.83. The predicted octanol–water partition coefficient (Wildman–Crippen LogP) is 0.347. The van der Waals surface area contributed by atoms with Crippen molar-refractivity contribution < 1.29 is 18.7 Å². The van der Waals surface area contributed by atoms with Crippen molar-refractivity contribution in [2.24, 2.45) is 5.73 Å². The topological polar surface area (TPSA) is 88.6 Å². The lowest BCUT2D eigenvalue weighted by Gasteiger charge is -2.26. The predicted molar refractivity (Wildman–Crippen MR) is 70.3 cm³/mol. The number of hydrogen-bond acceptors (Lipinski definition) is 4. The maximum absolute atomic E-state index is 13.7. The fraction of sp³-hybridized carbons (Fsp3) is 0.385. The summed E-state index contributed by atoms with van der Waals surface area (Å²) in [5.41, 5.74) is 5.53. The van der Waals surface area contributed by atoms with Gasteiger partial charge in [0.05, 0.1) is 13.2 Å². The van der Waals surface area contributed by atoms with Gasteiger partial charge in [-0.3, -0.25) is 10.2 Å². The lowest BCUT2D eigenvalue weighted by molar-refractivity contribution is -0.137. The molecule has 7 heteroatoms. The molecule has 0 radical (unpaired) electrons. The summed E-state index contributed by atoms with van der Waals surface area (Å²) in [4.78, 5) is 13.4. The Kier molecular flexibility index (Phi) is 4.52. The maximum Gasteiger partial charge on any atom is 0.260 e. The van der Waals surface area contributed by atoms with Gasteiger partial charge in [-0.2, -0.15) is 0 Å². The number of rotatable bonds is 4. The van der Waals surface area contributed by atoms with Crippen molar-refractivity contribution in [1.82, 2.24) is 4.90 Å². The smallest absolute Gasteiger partial charge is 0.260 e. The summed E-state index contributed by atoms with van der Waals surface area (Å²) in [6.45, 7) is 1.83. The highest BCUT2D eigenvalue weighted by atomic mass is 19.1. The van der Waals surface area contributed by atoms with Gasteiger partial charge in [0.15, 0.2) is 18.2 Å². The number of ether oxygens (including phenoxy) is 2. The molecule has 3 N–H and O–H groups in total. The van der Waals surface area contributed by atoms with Crippen molar-refractivity contribution in [2.45, 2.75) is 0 Å². The van der Waals surface area contributed by atoms with E-state index in [4.69, 9.17) is 20.6 Å². The number of nitrogens with one attached hydrogen (secondary N) is 1. The van der Waals surface area contributed by atoms with Crippen molar-refractivity contribution in [3.63, 3.8) is 0 Å². The number of halogens is 1. The van der Waals surface area contributed by atoms with Crippen LogP contribution in [0.4, 0.5) is 4.39 Å². The highest BCUT2D eigenvalue weighted by Gasteiger charge is 2.17. The van der Waals surface area contributed by atoms with E-state index in [0.29, 0.717) is 26.3 Å². The SMILES string of the molecule is N=C(N)c1ccc(OCC(=O)N2CCOCC2)c(F)c1. The molecule has 1 amide bonds. The number of hydrogen-bond donors (Lipinski definition) is 2. The van der Waals surface area contributed by atoms with Crippen LogP contribution in [0.15, 0.2) is 18.2 Å². The molecule has 0 aromatic heterocycles. The maximum atomic E-state index is 13.7. The third-order valence-electron chi connectivity index (χ3n) is 2.96. The Hall–Kier alpha value is -2.15. The number of amidine groups is 1. The molecule has 1 saturated heterocycles. The summed E-state index contributed by atoms with van der Waals surface area (Å²) in [6.07, 6.45) is 0. The van der Waals surface area contributed by atoms with Crippen molar-refractivity contribution in [3.05, 3.63) is 29.6 Å². The van der Waals surface area contributed by atoms with Gasteiger partial charge in [-0.05, 0) is 18.2 Å². The molecular formula is C13H16FN3O3. The van der Waals surface area contributed by atoms with E-state index in [1.807, 2.05) is 0 Å². The van der Waals surface area contributed by atoms with Gasteiger partial charge in [-0.25, -0.2) is 4.39 Å². The number of carbonyl (C=O) groups is 1. The second-order valence-corrected chi connectivity index (χ2v) is 4.34. The Bertz CT molecular complexity index is 516. The summed E-state index contributed by atoms with van der Waals surface area (Å²) in [5.74, 6) is -1.10. The van der Waals surface area contributed by atoms with Gasteiger partial charge in [0.2, 0.25) is 0 Å². The minimum atomic E-state index is -0.646. The Balaban J connectivity index is 1.93. The molecule has 1 fully saturated rings. The van der Waals surface area contributed by atoms with Crippen LogP contribution in [0.25, 0.3) is 0 Å². The number of amides is 1. The van der Waals surface area contributed by atoms with Crippen LogP contribution in [0.2, 0.25) is 0 Å². The fourth-order valence-electron chi connectivity index (χ4n) is 1.83. The van der Waals surface area contributed by atoms with E-state index in [-0.39, 0.29) is 29.7 Å². The molecule has 1 aliphatic heterocycles. The van der Waals surface area contributed by atoms with E-state index in [1.54, 1.807) is 4.90 Å². The first-order valence-corrected chi connectivity index (χ1v) is 6.20. The first-order chi connectivity index (χ1) is 9.58. The quantitative estimate of drug-likeness (QED) is 0.615. The standard InChI is InChI=1S/C13H16FN3O3/c14-10-7-9(13(15)16)1-2-11(10)20-8-12(18)17-3-5-19-6-4-17/h1-2,7H,3-6,8H2,(H3,15,16). The molecule has 1 aromatic rings. The highest BCUT2D eigenvalue weighted by molar-refractivity contribution is 5.95. The third-order valence-corrected chi connectivity index (χ3v) is 2.96. The summed E-state index contributed by atoms with van der Waals surface area (Å²) in [5, 5.41) is 7.20. The van der Waals surface area contributed by atoms with Crippen LogP contribution in [0.3, 0.4) is 0 Å². The van der Waals surface area contributed by atoms with E-state index in [9.17, 15) is 9.18 Å². The molecule has 0 unspecified atom stereocenters. The Labute approximate surface area is 115 Å². The van der Waals surface area contributed by atoms with E-state index < -0.39 is 5.82 Å². The van der Waals surface area contributed by atoms with Gasteiger partial charge >= 0.3 is 0 Å². The third kappa shape index (κ3) is 3.45. The summed E-state index contributed by atoms with van der Waals surface area (Å²) >= 11 is 0. The molecule has 0 saturated carbocycles. The first kappa shape index (κ1) is 14.3. The molecule has 20 heavy (non-hydrogen) atoms. The number of nitrogens with zero attached hydrogens (tertiary/aromatic N) is 1. The molecule has 0 atom stereocenters. The van der Waals surface area contributed by atoms with Crippen LogP contribution in [0, 0.1) is 11.2 Å². The lowest BCUT2D eigenvalue weighted by Crippen LogP contribution is -2.43. The summed E-state index contributed by atoms with van der Waals surface area (Å²) < 4.78 is 24.0. The van der Waals surface area contributed by atoms with Gasteiger partial charge in [-0.15, -0.1) is 0 Å². The van der Waals surface area contributed by atoms with Crippen LogP contribution in [-0.2, 0) is 9.53 Å². The van der Waals surface area contributed by atoms with Crippen LogP contribution in [-0.4, -0.2) is 49.6 Å². The van der Waals surface area contributed by atoms with Crippen molar-refractivity contribution in [2.75, 3.05) is 32.9 Å². The normalized spacial score (nSPS) is 14.9. The van der Waals surface area contributed by atoms with E-state index in [1.165, 1.54) is 12.1 Å². The molecule has 6 nitrogen and oxygen atoms in total. The molecule has 108 valence electrons. The largest absolute Gasteiger partial charge is 0.481 e. The summed E-state index contributed by atoms with van der Waals surface area (Å²) in [6, 6.07) is 3.94. The van der Waals surface area contributed by atoms with Gasteiger partial charge in [0, 0.05) is 18.7 Å². The molecule has 0 bridgehead atoms. The van der Waals surface area contributed by atoms with E-state index >= 15 is 0 Å². The van der Waals surface area contributed by atoms with Crippen molar-refractivity contribution in [3.8, 4) is 5.75 Å². The van der Waals surface area contributed by atoms with Crippen LogP contribution < -0.4 is 10.5 Å². The number of nitrogens with two attached hydrogens (primary N) is 1. The van der Waals surface area contributed by atoms with E-state index in [2.05, 4.69) is 0 Å². The average Bonchev–Trinajstić information content (AvgIpc) is 2.46. The minimum absolute atomic E-state index is 0.0309. The molecule has 2 rings (SSSR count). The van der Waals surface area contributed by atoms with Gasteiger partial charge in [0.25, 0.3) is 5.91 Å². The molecule has 1 heterocycles. The number of morpholine rings is 1. The van der Waals surface area contributed by atoms with Gasteiger partial charge in [-0.1, -0.05) is 0 Å². The van der Waals surface area contributed by atoms with Crippen LogP contribution in [0.1, 0.15) is 5.56 Å². The Morgan fingerprint density at radius 1 is 1.45 bits per heavy atom. The van der Waals surface area contributed by atoms with Gasteiger partial charge < -0.3 is 20.1 Å². The van der Waals surface area contributed by atoms with E-state index in [0.717, 1.165) is 6.07 Å². The first-order valence-electron chi connectivity index (χ1n) is 6.20. The molecule has 0 spiro atoms. The number of nitrogen functional groups attached to an aromatic ring is 1. The van der Waals surface area contributed by atoms with Crippen molar-refractivity contribution in [1.29, 1.82) is 5.41 Å². The molecule has 1 aromatic carbocycles. The zero-order chi connectivity index (χ0) is 14.5. The zero-order valence-electron chi connectivity index (χ0n) is 10.9. The number of benzene rings is 1. The highest BCUT2D eigenvalue weighted by Crippen LogP contribution is 2.18. The minimum Gasteiger partial charge on any atom is -0.481 e. The monoisotopic (exact) mass is 281 g/mol. The Morgan fingerprint density at radius 3 is 2.75 bits per heavy atom. The Morgan fingerprint density at radius 2 is 2.15 bits per heavy atom. The molecular weight excluding hydrogens is 265 g/mol. The van der Waals surface area contributed by atoms with Crippen molar-refractivity contribution >= 4 is 11.7 Å². The molecule has 0 aliphatic carbocycles. The second-order valence-electron chi connectivity index (χ2n) is 4.34. The average molecular weight is 281 g/mol. The molecule has 1 aliphatic rings. The van der Waals surface area contributed by atoms with Crippen LogP contribution in [0.5, 0.6) is 5.75 Å². The lowest BCUT2D eigenvalue weighted by atomic mass is 10.2. The number of carbonyl (C=O) groups excluding carboxylic acids is 1. The second kappa shape index (κ2) is 6.33.